The van der Waals surface area contributed by atoms with Crippen LogP contribution in [0, 0.1) is 16.0 Å². The number of nitrogens with one attached hydrogen (secondary N) is 1. The minimum Gasteiger partial charge on any atom is -0.383 e. The Morgan fingerprint density at radius 3 is 2.63 bits per heavy atom. The summed E-state index contributed by atoms with van der Waals surface area (Å²) in [5.41, 5.74) is 5.00. The predicted molar refractivity (Wildman–Crippen MR) is 121 cm³/mol. The van der Waals surface area contributed by atoms with Crippen LogP contribution in [0.25, 0.3) is 0 Å². The van der Waals surface area contributed by atoms with E-state index in [9.17, 15) is 10.1 Å². The first kappa shape index (κ1) is 19.1. The standard InChI is InChI=1S/C24H28N4O2/c29-28(30)19-12-10-18(11-13-19)25-16-17-27-23-9-2-1-7-22(23)26-21-8-5-6-20(21)24(27)14-3-4-15-24/h1-2,7,9-13,20,25H,3-6,8,14-17H2. The summed E-state index contributed by atoms with van der Waals surface area (Å²) in [5.74, 6) is 0.562. The van der Waals surface area contributed by atoms with Gasteiger partial charge in [0.15, 0.2) is 0 Å². The first-order valence-electron chi connectivity index (χ1n) is 11.1. The van der Waals surface area contributed by atoms with Gasteiger partial charge in [-0.05, 0) is 56.4 Å². The largest absolute Gasteiger partial charge is 0.383 e. The van der Waals surface area contributed by atoms with Crippen LogP contribution in [0.15, 0.2) is 53.5 Å². The van der Waals surface area contributed by atoms with Crippen LogP contribution in [0.4, 0.5) is 22.7 Å². The third kappa shape index (κ3) is 3.24. The van der Waals surface area contributed by atoms with Crippen molar-refractivity contribution in [3.8, 4) is 0 Å². The second kappa shape index (κ2) is 7.74. The van der Waals surface area contributed by atoms with Crippen LogP contribution in [0.1, 0.15) is 44.9 Å². The van der Waals surface area contributed by atoms with Gasteiger partial charge in [-0.2, -0.15) is 0 Å². The molecule has 2 aliphatic carbocycles. The Morgan fingerprint density at radius 1 is 1.10 bits per heavy atom. The van der Waals surface area contributed by atoms with Gasteiger partial charge in [0, 0.05) is 48.1 Å². The van der Waals surface area contributed by atoms with E-state index in [1.165, 1.54) is 49.9 Å². The number of nitro benzene ring substituents is 1. The summed E-state index contributed by atoms with van der Waals surface area (Å²) >= 11 is 0. The van der Waals surface area contributed by atoms with Crippen molar-refractivity contribution in [1.29, 1.82) is 0 Å². The van der Waals surface area contributed by atoms with E-state index < -0.39 is 0 Å². The molecule has 156 valence electrons. The maximum absolute atomic E-state index is 10.9. The zero-order chi connectivity index (χ0) is 20.6. The van der Waals surface area contributed by atoms with E-state index in [2.05, 4.69) is 34.5 Å². The van der Waals surface area contributed by atoms with E-state index >= 15 is 0 Å². The van der Waals surface area contributed by atoms with Crippen molar-refractivity contribution in [2.24, 2.45) is 10.9 Å². The van der Waals surface area contributed by atoms with Crippen molar-refractivity contribution >= 4 is 28.5 Å². The molecule has 0 aromatic heterocycles. The number of rotatable bonds is 5. The third-order valence-corrected chi connectivity index (χ3v) is 7.16. The van der Waals surface area contributed by atoms with Crippen molar-refractivity contribution in [2.45, 2.75) is 50.5 Å². The topological polar surface area (TPSA) is 70.8 Å². The van der Waals surface area contributed by atoms with Gasteiger partial charge < -0.3 is 10.2 Å². The SMILES string of the molecule is O=[N+]([O-])c1ccc(NCCN2c3ccccc3N=C3CCCC3C23CCCC3)cc1. The van der Waals surface area contributed by atoms with E-state index in [4.69, 9.17) is 4.99 Å². The zero-order valence-corrected chi connectivity index (χ0v) is 17.2. The van der Waals surface area contributed by atoms with Crippen LogP contribution in [-0.2, 0) is 0 Å². The van der Waals surface area contributed by atoms with Crippen LogP contribution < -0.4 is 10.2 Å². The minimum atomic E-state index is -0.360. The Labute approximate surface area is 177 Å². The van der Waals surface area contributed by atoms with Crippen molar-refractivity contribution in [2.75, 3.05) is 23.3 Å². The predicted octanol–water partition coefficient (Wildman–Crippen LogP) is 5.71. The van der Waals surface area contributed by atoms with E-state index in [-0.39, 0.29) is 16.1 Å². The molecular formula is C24H28N4O2. The van der Waals surface area contributed by atoms with Gasteiger partial charge in [0.1, 0.15) is 0 Å². The van der Waals surface area contributed by atoms with Gasteiger partial charge in [-0.25, -0.2) is 0 Å². The fourth-order valence-corrected chi connectivity index (χ4v) is 5.87. The lowest BCUT2D eigenvalue weighted by atomic mass is 9.78. The number of non-ortho nitro benzene ring substituents is 1. The van der Waals surface area contributed by atoms with Crippen LogP contribution in [0.3, 0.4) is 0 Å². The fourth-order valence-electron chi connectivity index (χ4n) is 5.87. The fraction of sp³-hybridized carbons (Fsp3) is 0.458. The molecule has 1 spiro atoms. The summed E-state index contributed by atoms with van der Waals surface area (Å²) in [4.78, 5) is 18.3. The maximum atomic E-state index is 10.9. The monoisotopic (exact) mass is 404 g/mol. The van der Waals surface area contributed by atoms with Gasteiger partial charge in [0.25, 0.3) is 5.69 Å². The summed E-state index contributed by atoms with van der Waals surface area (Å²) in [5, 5.41) is 14.4. The molecule has 0 amide bonds. The highest BCUT2D eigenvalue weighted by Gasteiger charge is 2.50. The lowest BCUT2D eigenvalue weighted by Gasteiger charge is -2.46. The minimum absolute atomic E-state index is 0.123. The smallest absolute Gasteiger partial charge is 0.269 e. The quantitative estimate of drug-likeness (QED) is 0.512. The molecule has 6 heteroatoms. The third-order valence-electron chi connectivity index (χ3n) is 7.16. The number of hydrogen-bond donors (Lipinski definition) is 1. The number of fused-ring (bicyclic) bond motifs is 3. The molecule has 3 aliphatic rings. The Bertz CT molecular complexity index is 963. The lowest BCUT2D eigenvalue weighted by molar-refractivity contribution is -0.384. The van der Waals surface area contributed by atoms with Gasteiger partial charge in [-0.3, -0.25) is 15.1 Å². The molecule has 30 heavy (non-hydrogen) atoms. The molecular weight excluding hydrogens is 376 g/mol. The first-order chi connectivity index (χ1) is 14.7. The van der Waals surface area contributed by atoms with E-state index in [1.807, 2.05) is 0 Å². The number of nitrogens with zero attached hydrogens (tertiary/aromatic N) is 3. The lowest BCUT2D eigenvalue weighted by Crippen LogP contribution is -2.54. The summed E-state index contributed by atoms with van der Waals surface area (Å²) in [7, 11) is 0. The van der Waals surface area contributed by atoms with E-state index in [0.717, 1.165) is 30.9 Å². The van der Waals surface area contributed by atoms with Crippen molar-refractivity contribution in [1.82, 2.24) is 0 Å². The van der Waals surface area contributed by atoms with Crippen molar-refractivity contribution in [3.05, 3.63) is 58.6 Å². The van der Waals surface area contributed by atoms with Crippen LogP contribution in [-0.4, -0.2) is 29.3 Å². The number of aliphatic imine (C=N–C) groups is 1. The van der Waals surface area contributed by atoms with Crippen molar-refractivity contribution in [3.63, 3.8) is 0 Å². The molecule has 2 saturated carbocycles. The Morgan fingerprint density at radius 2 is 1.87 bits per heavy atom. The molecule has 2 aromatic carbocycles. The normalized spacial score (nSPS) is 21.7. The Hall–Kier alpha value is -2.89. The van der Waals surface area contributed by atoms with Gasteiger partial charge in [0.05, 0.1) is 16.3 Å². The molecule has 1 unspecified atom stereocenters. The van der Waals surface area contributed by atoms with Crippen LogP contribution in [0.2, 0.25) is 0 Å². The number of benzene rings is 2. The van der Waals surface area contributed by atoms with Gasteiger partial charge in [0.2, 0.25) is 0 Å². The molecule has 1 atom stereocenters. The molecule has 5 rings (SSSR count). The summed E-state index contributed by atoms with van der Waals surface area (Å²) < 4.78 is 0. The Balaban J connectivity index is 1.41. The number of hydrogen-bond acceptors (Lipinski definition) is 5. The second-order valence-corrected chi connectivity index (χ2v) is 8.73. The summed E-state index contributed by atoms with van der Waals surface area (Å²) in [6.45, 7) is 1.68. The highest BCUT2D eigenvalue weighted by Crippen LogP contribution is 2.52. The molecule has 0 radical (unpaired) electrons. The van der Waals surface area contributed by atoms with Gasteiger partial charge >= 0.3 is 0 Å². The molecule has 6 nitrogen and oxygen atoms in total. The highest BCUT2D eigenvalue weighted by molar-refractivity contribution is 5.95. The maximum Gasteiger partial charge on any atom is 0.269 e. The van der Waals surface area contributed by atoms with Crippen molar-refractivity contribution < 1.29 is 4.92 Å². The number of nitro groups is 1. The summed E-state index contributed by atoms with van der Waals surface area (Å²) in [6.07, 6.45) is 8.69. The van der Waals surface area contributed by atoms with Crippen LogP contribution >= 0.6 is 0 Å². The molecule has 1 aliphatic heterocycles. The van der Waals surface area contributed by atoms with Gasteiger partial charge in [-0.15, -0.1) is 0 Å². The number of para-hydroxylation sites is 2. The average Bonchev–Trinajstić information content (AvgIpc) is 3.40. The Kier molecular flexibility index (Phi) is 4.93. The molecule has 2 aromatic rings. The van der Waals surface area contributed by atoms with Crippen LogP contribution in [0.5, 0.6) is 0 Å². The van der Waals surface area contributed by atoms with E-state index in [0.29, 0.717) is 5.92 Å². The van der Waals surface area contributed by atoms with E-state index in [1.54, 1.807) is 24.3 Å². The molecule has 1 heterocycles. The molecule has 0 bridgehead atoms. The summed E-state index contributed by atoms with van der Waals surface area (Å²) in [6, 6.07) is 15.3. The number of anilines is 2. The molecule has 2 fully saturated rings. The average molecular weight is 405 g/mol. The first-order valence-corrected chi connectivity index (χ1v) is 11.1. The second-order valence-electron chi connectivity index (χ2n) is 8.73. The highest BCUT2D eigenvalue weighted by atomic mass is 16.6. The molecule has 0 saturated heterocycles. The zero-order valence-electron chi connectivity index (χ0n) is 17.2. The molecule has 1 N–H and O–H groups in total. The van der Waals surface area contributed by atoms with Gasteiger partial charge in [-0.1, -0.05) is 25.0 Å².